The van der Waals surface area contributed by atoms with Gasteiger partial charge < -0.3 is 30.7 Å². The molecule has 2 amide bonds. The number of nitrogens with one attached hydrogen (secondary N) is 1. The number of nitrogens with zero attached hydrogens (tertiary/aromatic N) is 7. The van der Waals surface area contributed by atoms with Crippen LogP contribution in [0.2, 0.25) is 0 Å². The monoisotopic (exact) mass is 589 g/mol. The summed E-state index contributed by atoms with van der Waals surface area (Å²) in [6, 6.07) is 6.99. The van der Waals surface area contributed by atoms with E-state index in [9.17, 15) is 9.59 Å². The Morgan fingerprint density at radius 3 is 2.40 bits per heavy atom. The van der Waals surface area contributed by atoms with Crippen LogP contribution in [0.3, 0.4) is 0 Å². The van der Waals surface area contributed by atoms with E-state index in [2.05, 4.69) is 69.5 Å². The molecular weight excluding hydrogens is 542 g/mol. The van der Waals surface area contributed by atoms with Crippen molar-refractivity contribution in [3.8, 4) is 0 Å². The van der Waals surface area contributed by atoms with Gasteiger partial charge in [-0.3, -0.25) is 14.5 Å². The summed E-state index contributed by atoms with van der Waals surface area (Å²) >= 11 is 0. The molecule has 0 saturated carbocycles. The first kappa shape index (κ1) is 30.7. The number of aromatic nitrogens is 2. The summed E-state index contributed by atoms with van der Waals surface area (Å²) in [5, 5.41) is 3.35. The first-order chi connectivity index (χ1) is 20.7. The molecule has 0 unspecified atom stereocenters. The van der Waals surface area contributed by atoms with Gasteiger partial charge in [0.15, 0.2) is 17.3 Å². The normalized spacial score (nSPS) is 20.7. The lowest BCUT2D eigenvalue weighted by atomic mass is 10.0. The van der Waals surface area contributed by atoms with E-state index in [1.807, 2.05) is 13.0 Å². The molecule has 11 heteroatoms. The van der Waals surface area contributed by atoms with Crippen LogP contribution in [0.25, 0.3) is 0 Å². The average molecular weight is 590 g/mol. The summed E-state index contributed by atoms with van der Waals surface area (Å²) in [4.78, 5) is 45.8. The minimum Gasteiger partial charge on any atom is -0.371 e. The van der Waals surface area contributed by atoms with Crippen LogP contribution in [0.4, 0.5) is 23.0 Å². The molecule has 3 fully saturated rings. The summed E-state index contributed by atoms with van der Waals surface area (Å²) in [6.07, 6.45) is 4.32. The molecule has 2 aromatic rings. The zero-order valence-corrected chi connectivity index (χ0v) is 26.2. The van der Waals surface area contributed by atoms with Crippen molar-refractivity contribution in [3.63, 3.8) is 0 Å². The fourth-order valence-corrected chi connectivity index (χ4v) is 6.67. The zero-order valence-electron chi connectivity index (χ0n) is 26.2. The number of rotatable bonds is 8. The van der Waals surface area contributed by atoms with Gasteiger partial charge in [0, 0.05) is 82.4 Å². The first-order valence-corrected chi connectivity index (χ1v) is 15.6. The SMILES string of the molecule is C=CC(=O)N1CCN(c2nc(Nc3ccc(N4CCC(N5CCN(C)CC5)CC4)c(C)c3)c(C(N)=O)nc2CC)[C@H](C)C1. The molecule has 0 aliphatic carbocycles. The highest BCUT2D eigenvalue weighted by atomic mass is 16.2. The van der Waals surface area contributed by atoms with Crippen molar-refractivity contribution in [1.82, 2.24) is 24.7 Å². The van der Waals surface area contributed by atoms with E-state index >= 15 is 0 Å². The van der Waals surface area contributed by atoms with E-state index in [-0.39, 0.29) is 17.6 Å². The Morgan fingerprint density at radius 2 is 1.79 bits per heavy atom. The van der Waals surface area contributed by atoms with Gasteiger partial charge in [0.1, 0.15) is 0 Å². The maximum atomic E-state index is 12.5. The van der Waals surface area contributed by atoms with Crippen LogP contribution in [0, 0.1) is 6.92 Å². The number of hydrogen-bond acceptors (Lipinski definition) is 9. The first-order valence-electron chi connectivity index (χ1n) is 15.6. The van der Waals surface area contributed by atoms with Gasteiger partial charge in [0.05, 0.1) is 5.69 Å². The third kappa shape index (κ3) is 6.78. The molecule has 0 spiro atoms. The van der Waals surface area contributed by atoms with Gasteiger partial charge in [-0.05, 0) is 70.0 Å². The second kappa shape index (κ2) is 13.3. The van der Waals surface area contributed by atoms with Gasteiger partial charge in [-0.15, -0.1) is 0 Å². The van der Waals surface area contributed by atoms with Crippen molar-refractivity contribution >= 4 is 34.8 Å². The molecule has 43 heavy (non-hydrogen) atoms. The summed E-state index contributed by atoms with van der Waals surface area (Å²) in [6.45, 7) is 18.3. The van der Waals surface area contributed by atoms with Gasteiger partial charge in [-0.2, -0.15) is 0 Å². The Morgan fingerprint density at radius 1 is 1.07 bits per heavy atom. The maximum Gasteiger partial charge on any atom is 0.271 e. The second-order valence-electron chi connectivity index (χ2n) is 12.1. The Labute approximate surface area is 255 Å². The molecule has 3 aliphatic heterocycles. The molecule has 5 rings (SSSR count). The van der Waals surface area contributed by atoms with Crippen molar-refractivity contribution in [1.29, 1.82) is 0 Å². The Kier molecular flexibility index (Phi) is 9.51. The number of carbonyl (C=O) groups is 2. The van der Waals surface area contributed by atoms with E-state index in [1.54, 1.807) is 4.90 Å². The largest absolute Gasteiger partial charge is 0.371 e. The smallest absolute Gasteiger partial charge is 0.271 e. The molecule has 11 nitrogen and oxygen atoms in total. The molecule has 4 heterocycles. The molecule has 232 valence electrons. The number of piperazine rings is 2. The molecule has 3 saturated heterocycles. The Balaban J connectivity index is 1.31. The Hall–Kier alpha value is -3.70. The summed E-state index contributed by atoms with van der Waals surface area (Å²) in [7, 11) is 2.21. The van der Waals surface area contributed by atoms with Crippen LogP contribution in [-0.4, -0.2) is 115 Å². The topological polar surface area (TPSA) is 114 Å². The summed E-state index contributed by atoms with van der Waals surface area (Å²) < 4.78 is 0. The number of likely N-dealkylation sites (N-methyl/N-ethyl adjacent to an activating group) is 1. The van der Waals surface area contributed by atoms with E-state index < -0.39 is 5.91 Å². The van der Waals surface area contributed by atoms with Crippen LogP contribution in [0.5, 0.6) is 0 Å². The standard InChI is InChI=1S/C32H47N9O2/c1-6-26-32(41-19-18-40(21-23(41)4)28(42)7-2)36-31(29(35-26)30(33)43)34-24-8-9-27(22(3)20-24)39-12-10-25(11-13-39)38-16-14-37(5)15-17-38/h7-9,20,23,25H,2,6,10-19,21H2,1,3-5H3,(H2,33,43)(H,34,36)/t23-/m1/s1. The highest BCUT2D eigenvalue weighted by Gasteiger charge is 2.30. The molecule has 0 radical (unpaired) electrons. The van der Waals surface area contributed by atoms with Crippen LogP contribution >= 0.6 is 0 Å². The third-order valence-corrected chi connectivity index (χ3v) is 9.22. The number of amides is 2. The van der Waals surface area contributed by atoms with Crippen molar-refractivity contribution in [2.75, 3.05) is 81.1 Å². The minimum atomic E-state index is -0.623. The zero-order chi connectivity index (χ0) is 30.7. The van der Waals surface area contributed by atoms with Crippen LogP contribution in [0.15, 0.2) is 30.9 Å². The molecule has 0 bridgehead atoms. The lowest BCUT2D eigenvalue weighted by Gasteiger charge is -2.43. The molecule has 1 atom stereocenters. The van der Waals surface area contributed by atoms with Crippen molar-refractivity contribution in [3.05, 3.63) is 47.8 Å². The van der Waals surface area contributed by atoms with Crippen LogP contribution in [-0.2, 0) is 11.2 Å². The summed E-state index contributed by atoms with van der Waals surface area (Å²) in [5.41, 5.74) is 9.85. The molecule has 3 aliphatic rings. The van der Waals surface area contributed by atoms with E-state index in [4.69, 9.17) is 10.7 Å². The highest BCUT2D eigenvalue weighted by Crippen LogP contribution is 2.31. The second-order valence-corrected chi connectivity index (χ2v) is 12.1. The van der Waals surface area contributed by atoms with Gasteiger partial charge in [0.2, 0.25) is 5.91 Å². The van der Waals surface area contributed by atoms with Crippen LogP contribution in [0.1, 0.15) is 48.4 Å². The number of benzene rings is 1. The molecule has 3 N–H and O–H groups in total. The fraction of sp³-hybridized carbons (Fsp3) is 0.562. The minimum absolute atomic E-state index is 0.0199. The average Bonchev–Trinajstić information content (AvgIpc) is 3.01. The number of nitrogens with two attached hydrogens (primary N) is 1. The molecule has 1 aromatic carbocycles. The molecular formula is C32H47N9O2. The van der Waals surface area contributed by atoms with Gasteiger partial charge >= 0.3 is 0 Å². The van der Waals surface area contributed by atoms with Gasteiger partial charge in [0.25, 0.3) is 5.91 Å². The Bertz CT molecular complexity index is 1330. The highest BCUT2D eigenvalue weighted by molar-refractivity contribution is 5.96. The third-order valence-electron chi connectivity index (χ3n) is 9.22. The lowest BCUT2D eigenvalue weighted by molar-refractivity contribution is -0.126. The fourth-order valence-electron chi connectivity index (χ4n) is 6.67. The summed E-state index contributed by atoms with van der Waals surface area (Å²) in [5.74, 6) is 0.363. The predicted octanol–water partition coefficient (Wildman–Crippen LogP) is 2.63. The van der Waals surface area contributed by atoms with Gasteiger partial charge in [-0.1, -0.05) is 13.5 Å². The lowest BCUT2D eigenvalue weighted by Crippen LogP contribution is -2.54. The van der Waals surface area contributed by atoms with E-state index in [0.29, 0.717) is 49.4 Å². The number of anilines is 4. The van der Waals surface area contributed by atoms with Crippen molar-refractivity contribution < 1.29 is 9.59 Å². The quantitative estimate of drug-likeness (QED) is 0.449. The number of primary amides is 1. The van der Waals surface area contributed by atoms with Gasteiger partial charge in [-0.25, -0.2) is 9.97 Å². The maximum absolute atomic E-state index is 12.5. The number of piperidine rings is 1. The van der Waals surface area contributed by atoms with E-state index in [1.165, 1.54) is 43.3 Å². The number of carbonyl (C=O) groups excluding carboxylic acids is 2. The predicted molar refractivity (Wildman–Crippen MR) is 172 cm³/mol. The van der Waals surface area contributed by atoms with Crippen molar-refractivity contribution in [2.45, 2.75) is 52.1 Å². The number of aryl methyl sites for hydroxylation is 2. The van der Waals surface area contributed by atoms with Crippen LogP contribution < -0.4 is 20.9 Å². The van der Waals surface area contributed by atoms with Crippen molar-refractivity contribution in [2.24, 2.45) is 5.73 Å². The number of hydrogen-bond donors (Lipinski definition) is 2. The molecule has 1 aromatic heterocycles. The van der Waals surface area contributed by atoms with E-state index in [0.717, 1.165) is 31.9 Å².